The maximum atomic E-state index is 14.3. The van der Waals surface area contributed by atoms with E-state index in [9.17, 15) is 4.39 Å². The molecular formula is C23H25FN2O. The molecular weight excluding hydrogens is 339 g/mol. The SMILES string of the molecule is COc1ccc(C=Cn2c3c(c4cc(C)ccc42)CCN(C)CC3)c(F)c1. The van der Waals surface area contributed by atoms with Crippen LogP contribution in [0.1, 0.15) is 22.4 Å². The Morgan fingerprint density at radius 1 is 1.07 bits per heavy atom. The summed E-state index contributed by atoms with van der Waals surface area (Å²) < 4.78 is 21.7. The lowest BCUT2D eigenvalue weighted by atomic mass is 10.1. The van der Waals surface area contributed by atoms with E-state index in [-0.39, 0.29) is 5.82 Å². The Kier molecular flexibility index (Phi) is 4.75. The van der Waals surface area contributed by atoms with E-state index < -0.39 is 0 Å². The van der Waals surface area contributed by atoms with Crippen molar-refractivity contribution in [3.8, 4) is 5.75 Å². The van der Waals surface area contributed by atoms with Crippen molar-refractivity contribution in [3.05, 3.63) is 64.6 Å². The maximum absolute atomic E-state index is 14.3. The van der Waals surface area contributed by atoms with Crippen LogP contribution in [-0.2, 0) is 12.8 Å². The van der Waals surface area contributed by atoms with Crippen LogP contribution in [0.3, 0.4) is 0 Å². The van der Waals surface area contributed by atoms with Gasteiger partial charge in [0.25, 0.3) is 0 Å². The zero-order valence-electron chi connectivity index (χ0n) is 16.1. The van der Waals surface area contributed by atoms with Crippen LogP contribution >= 0.6 is 0 Å². The second-order valence-corrected chi connectivity index (χ2v) is 7.32. The average molecular weight is 364 g/mol. The summed E-state index contributed by atoms with van der Waals surface area (Å²) in [6.07, 6.45) is 5.90. The molecule has 3 aromatic rings. The molecule has 3 nitrogen and oxygen atoms in total. The first-order valence-corrected chi connectivity index (χ1v) is 9.39. The Morgan fingerprint density at radius 2 is 1.89 bits per heavy atom. The van der Waals surface area contributed by atoms with Gasteiger partial charge in [-0.05, 0) is 56.3 Å². The summed E-state index contributed by atoms with van der Waals surface area (Å²) in [5, 5.41) is 1.32. The predicted octanol–water partition coefficient (Wildman–Crippen LogP) is 4.76. The highest BCUT2D eigenvalue weighted by atomic mass is 19.1. The number of benzene rings is 2. The van der Waals surface area contributed by atoms with Crippen LogP contribution < -0.4 is 4.74 Å². The van der Waals surface area contributed by atoms with Crippen molar-refractivity contribution in [2.24, 2.45) is 0 Å². The molecule has 0 amide bonds. The molecule has 1 aromatic heterocycles. The molecule has 0 aliphatic carbocycles. The highest BCUT2D eigenvalue weighted by Crippen LogP contribution is 2.31. The molecule has 4 heteroatoms. The van der Waals surface area contributed by atoms with Crippen molar-refractivity contribution in [1.82, 2.24) is 9.47 Å². The molecule has 0 fully saturated rings. The van der Waals surface area contributed by atoms with Crippen LogP contribution in [0.25, 0.3) is 23.2 Å². The third kappa shape index (κ3) is 3.37. The largest absolute Gasteiger partial charge is 0.497 e. The first-order chi connectivity index (χ1) is 13.1. The van der Waals surface area contributed by atoms with E-state index in [0.717, 1.165) is 25.9 Å². The standard InChI is InChI=1S/C23H25FN2O/c1-16-4-7-22-20(14-16)19-9-11-25(2)12-10-23(19)26(22)13-8-17-5-6-18(27-3)15-21(17)24/h4-8,13-15H,9-12H2,1-3H3. The van der Waals surface area contributed by atoms with Gasteiger partial charge in [0.05, 0.1) is 12.6 Å². The maximum Gasteiger partial charge on any atom is 0.134 e. The van der Waals surface area contributed by atoms with Gasteiger partial charge in [0.15, 0.2) is 0 Å². The van der Waals surface area contributed by atoms with Crippen molar-refractivity contribution in [2.45, 2.75) is 19.8 Å². The van der Waals surface area contributed by atoms with Crippen LogP contribution in [0.2, 0.25) is 0 Å². The molecule has 2 aromatic carbocycles. The van der Waals surface area contributed by atoms with E-state index in [1.54, 1.807) is 19.2 Å². The highest BCUT2D eigenvalue weighted by molar-refractivity contribution is 5.89. The molecule has 0 unspecified atom stereocenters. The zero-order chi connectivity index (χ0) is 19.0. The number of rotatable bonds is 3. The number of aromatic nitrogens is 1. The van der Waals surface area contributed by atoms with Crippen LogP contribution in [-0.4, -0.2) is 36.7 Å². The first-order valence-electron chi connectivity index (χ1n) is 9.39. The second kappa shape index (κ2) is 7.20. The van der Waals surface area contributed by atoms with E-state index in [1.165, 1.54) is 33.8 Å². The molecule has 0 radical (unpaired) electrons. The van der Waals surface area contributed by atoms with E-state index in [4.69, 9.17) is 4.74 Å². The number of likely N-dealkylation sites (N-methyl/N-ethyl adjacent to an activating group) is 1. The topological polar surface area (TPSA) is 17.4 Å². The monoisotopic (exact) mass is 364 g/mol. The minimum atomic E-state index is -0.274. The number of halogens is 1. The Morgan fingerprint density at radius 3 is 2.67 bits per heavy atom. The van der Waals surface area contributed by atoms with Gasteiger partial charge in [0, 0.05) is 48.4 Å². The van der Waals surface area contributed by atoms with Gasteiger partial charge in [-0.2, -0.15) is 0 Å². The van der Waals surface area contributed by atoms with Crippen LogP contribution in [0, 0.1) is 12.7 Å². The minimum absolute atomic E-state index is 0.274. The molecule has 140 valence electrons. The molecule has 0 saturated heterocycles. The smallest absolute Gasteiger partial charge is 0.134 e. The van der Waals surface area contributed by atoms with Crippen LogP contribution in [0.4, 0.5) is 4.39 Å². The van der Waals surface area contributed by atoms with Gasteiger partial charge in [0.1, 0.15) is 11.6 Å². The average Bonchev–Trinajstić information content (AvgIpc) is 2.80. The molecule has 0 bridgehead atoms. The van der Waals surface area contributed by atoms with E-state index in [2.05, 4.69) is 41.6 Å². The number of hydrogen-bond acceptors (Lipinski definition) is 2. The Hall–Kier alpha value is -2.59. The molecule has 4 rings (SSSR count). The van der Waals surface area contributed by atoms with Crippen molar-refractivity contribution in [2.75, 3.05) is 27.2 Å². The quantitative estimate of drug-likeness (QED) is 0.667. The molecule has 1 aliphatic rings. The first kappa shape index (κ1) is 17.8. The summed E-state index contributed by atoms with van der Waals surface area (Å²) in [7, 11) is 3.72. The predicted molar refractivity (Wildman–Crippen MR) is 110 cm³/mol. The van der Waals surface area contributed by atoms with Gasteiger partial charge in [0.2, 0.25) is 0 Å². The molecule has 0 spiro atoms. The van der Waals surface area contributed by atoms with Gasteiger partial charge in [-0.15, -0.1) is 0 Å². The van der Waals surface area contributed by atoms with E-state index in [0.29, 0.717) is 11.3 Å². The Balaban J connectivity index is 1.81. The van der Waals surface area contributed by atoms with Gasteiger partial charge in [-0.25, -0.2) is 4.39 Å². The summed E-state index contributed by atoms with van der Waals surface area (Å²) in [5.74, 6) is 0.257. The third-order valence-corrected chi connectivity index (χ3v) is 5.46. The fraction of sp³-hybridized carbons (Fsp3) is 0.304. The van der Waals surface area contributed by atoms with Gasteiger partial charge in [-0.1, -0.05) is 11.6 Å². The third-order valence-electron chi connectivity index (χ3n) is 5.46. The van der Waals surface area contributed by atoms with E-state index >= 15 is 0 Å². The van der Waals surface area contributed by atoms with Crippen molar-refractivity contribution in [1.29, 1.82) is 0 Å². The van der Waals surface area contributed by atoms with E-state index in [1.807, 2.05) is 12.3 Å². The molecule has 0 atom stereocenters. The van der Waals surface area contributed by atoms with Crippen molar-refractivity contribution < 1.29 is 9.13 Å². The second-order valence-electron chi connectivity index (χ2n) is 7.32. The fourth-order valence-electron chi connectivity index (χ4n) is 3.90. The van der Waals surface area contributed by atoms with Gasteiger partial charge < -0.3 is 14.2 Å². The highest BCUT2D eigenvalue weighted by Gasteiger charge is 2.19. The lowest BCUT2D eigenvalue weighted by molar-refractivity contribution is 0.351. The molecule has 27 heavy (non-hydrogen) atoms. The number of fused-ring (bicyclic) bond motifs is 3. The van der Waals surface area contributed by atoms with Crippen LogP contribution in [0.5, 0.6) is 5.75 Å². The number of methoxy groups -OCH3 is 1. The molecule has 1 aliphatic heterocycles. The summed E-state index contributed by atoms with van der Waals surface area (Å²) >= 11 is 0. The number of hydrogen-bond donors (Lipinski definition) is 0. The summed E-state index contributed by atoms with van der Waals surface area (Å²) in [5.41, 5.74) is 5.79. The van der Waals surface area contributed by atoms with Gasteiger partial charge in [-0.3, -0.25) is 0 Å². The van der Waals surface area contributed by atoms with Gasteiger partial charge >= 0.3 is 0 Å². The summed E-state index contributed by atoms with van der Waals surface area (Å²) in [4.78, 5) is 2.37. The fourth-order valence-corrected chi connectivity index (χ4v) is 3.90. The lowest BCUT2D eigenvalue weighted by Crippen LogP contribution is -2.21. The van der Waals surface area contributed by atoms with Crippen LogP contribution in [0.15, 0.2) is 36.4 Å². The molecule has 0 N–H and O–H groups in total. The molecule has 0 saturated carbocycles. The minimum Gasteiger partial charge on any atom is -0.497 e. The van der Waals surface area contributed by atoms with Crippen molar-refractivity contribution in [3.63, 3.8) is 0 Å². The van der Waals surface area contributed by atoms with Crippen molar-refractivity contribution >= 4 is 23.2 Å². The number of ether oxygens (including phenoxy) is 1. The summed E-state index contributed by atoms with van der Waals surface area (Å²) in [6.45, 7) is 4.23. The number of aryl methyl sites for hydroxylation is 1. The Bertz CT molecular complexity index is 1020. The zero-order valence-corrected chi connectivity index (χ0v) is 16.1. The lowest BCUT2D eigenvalue weighted by Gasteiger charge is -2.12. The summed E-state index contributed by atoms with van der Waals surface area (Å²) in [6, 6.07) is 11.6. The Labute approximate surface area is 159 Å². The number of nitrogens with zero attached hydrogens (tertiary/aromatic N) is 2. The normalized spacial score (nSPS) is 15.3. The molecule has 2 heterocycles.